The number of carbonyl (C=O) groups excluding carboxylic acids is 1. The Bertz CT molecular complexity index is 999. The topological polar surface area (TPSA) is 54.5 Å². The van der Waals surface area contributed by atoms with Crippen molar-refractivity contribution in [1.82, 2.24) is 4.98 Å². The second kappa shape index (κ2) is 7.84. The van der Waals surface area contributed by atoms with E-state index in [1.165, 1.54) is 6.07 Å². The molecule has 0 bridgehead atoms. The molecule has 1 saturated heterocycles. The quantitative estimate of drug-likeness (QED) is 0.703. The fourth-order valence-corrected chi connectivity index (χ4v) is 3.45. The molecule has 0 spiro atoms. The van der Waals surface area contributed by atoms with Gasteiger partial charge in [0.2, 0.25) is 0 Å². The summed E-state index contributed by atoms with van der Waals surface area (Å²) in [5, 5.41) is 3.41. The van der Waals surface area contributed by atoms with Crippen molar-refractivity contribution in [2.75, 3.05) is 29.9 Å². The van der Waals surface area contributed by atoms with Crippen molar-refractivity contribution in [3.05, 3.63) is 59.9 Å². The monoisotopic (exact) mass is 379 g/mol. The Morgan fingerprint density at radius 1 is 1.14 bits per heavy atom. The highest BCUT2D eigenvalue weighted by Crippen LogP contribution is 2.26. The Hall–Kier alpha value is -3.15. The molecule has 3 aromatic rings. The van der Waals surface area contributed by atoms with Gasteiger partial charge in [-0.05, 0) is 68.3 Å². The average molecular weight is 379 g/mol. The molecule has 1 fully saturated rings. The molecule has 2 heterocycles. The number of ether oxygens (including phenoxy) is 1. The number of carbonyl (C=O) groups is 1. The molecule has 144 valence electrons. The number of anilines is 2. The molecule has 0 saturated carbocycles. The second-order valence-corrected chi connectivity index (χ2v) is 6.80. The minimum absolute atomic E-state index is 0.302. The van der Waals surface area contributed by atoms with Crippen LogP contribution in [0.3, 0.4) is 0 Å². The van der Waals surface area contributed by atoms with E-state index < -0.39 is 5.82 Å². The maximum absolute atomic E-state index is 14.7. The van der Waals surface area contributed by atoms with Gasteiger partial charge in [0.25, 0.3) is 5.91 Å². The summed E-state index contributed by atoms with van der Waals surface area (Å²) >= 11 is 0. The van der Waals surface area contributed by atoms with Crippen LogP contribution in [0.1, 0.15) is 30.1 Å². The van der Waals surface area contributed by atoms with E-state index in [2.05, 4.69) is 15.2 Å². The summed E-state index contributed by atoms with van der Waals surface area (Å²) < 4.78 is 20.0. The molecule has 2 aromatic carbocycles. The molecule has 0 atom stereocenters. The zero-order valence-corrected chi connectivity index (χ0v) is 15.7. The average Bonchev–Trinajstić information content (AvgIpc) is 3.23. The molecular formula is C22H22FN3O2. The zero-order chi connectivity index (χ0) is 19.5. The molecule has 0 aliphatic carbocycles. The molecular weight excluding hydrogens is 357 g/mol. The first-order chi connectivity index (χ1) is 13.6. The van der Waals surface area contributed by atoms with Gasteiger partial charge in [-0.2, -0.15) is 0 Å². The molecule has 0 unspecified atom stereocenters. The van der Waals surface area contributed by atoms with Crippen molar-refractivity contribution in [2.45, 2.75) is 19.8 Å². The summed E-state index contributed by atoms with van der Waals surface area (Å²) in [5.41, 5.74) is 1.20. The first-order valence-corrected chi connectivity index (χ1v) is 9.53. The van der Waals surface area contributed by atoms with Gasteiger partial charge in [0.05, 0.1) is 6.61 Å². The number of benzene rings is 2. The van der Waals surface area contributed by atoms with Crippen molar-refractivity contribution >= 4 is 28.3 Å². The second-order valence-electron chi connectivity index (χ2n) is 6.80. The van der Waals surface area contributed by atoms with Crippen LogP contribution in [-0.2, 0) is 0 Å². The number of fused-ring (bicyclic) bond motifs is 1. The van der Waals surface area contributed by atoms with Crippen LogP contribution in [0.25, 0.3) is 10.9 Å². The van der Waals surface area contributed by atoms with E-state index in [0.29, 0.717) is 34.5 Å². The summed E-state index contributed by atoms with van der Waals surface area (Å²) in [7, 11) is 0. The maximum atomic E-state index is 14.7. The lowest BCUT2D eigenvalue weighted by Gasteiger charge is -2.17. The maximum Gasteiger partial charge on any atom is 0.255 e. The first-order valence-electron chi connectivity index (χ1n) is 9.53. The van der Waals surface area contributed by atoms with Crippen LogP contribution in [0, 0.1) is 5.82 Å². The summed E-state index contributed by atoms with van der Waals surface area (Å²) in [6.45, 7) is 4.37. The van der Waals surface area contributed by atoms with Gasteiger partial charge in [0.15, 0.2) is 5.82 Å². The minimum atomic E-state index is -0.444. The fraction of sp³-hybridized carbons (Fsp3) is 0.273. The molecule has 1 aliphatic rings. The van der Waals surface area contributed by atoms with Gasteiger partial charge in [-0.25, -0.2) is 9.37 Å². The standard InChI is InChI=1S/C22H22FN3O2/c1-2-28-18-8-5-15(6-9-18)22(27)24-17-13-16-7-10-20(26-11-3-4-12-26)25-21(16)19(23)14-17/h5-10,13-14H,2-4,11-12H2,1H3,(H,24,27). The van der Waals surface area contributed by atoms with Gasteiger partial charge in [0.1, 0.15) is 17.1 Å². The smallest absolute Gasteiger partial charge is 0.255 e. The number of nitrogens with one attached hydrogen (secondary N) is 1. The molecule has 6 heteroatoms. The molecule has 28 heavy (non-hydrogen) atoms. The SMILES string of the molecule is CCOc1ccc(C(=O)Nc2cc(F)c3nc(N4CCCC4)ccc3c2)cc1. The third kappa shape index (κ3) is 3.76. The van der Waals surface area contributed by atoms with E-state index >= 15 is 0 Å². The Balaban J connectivity index is 1.55. The highest BCUT2D eigenvalue weighted by molar-refractivity contribution is 6.05. The van der Waals surface area contributed by atoms with Gasteiger partial charge in [-0.15, -0.1) is 0 Å². The van der Waals surface area contributed by atoms with E-state index in [-0.39, 0.29) is 5.91 Å². The van der Waals surface area contributed by atoms with E-state index in [1.807, 2.05) is 19.1 Å². The van der Waals surface area contributed by atoms with Crippen LogP contribution in [0.5, 0.6) is 5.75 Å². The Morgan fingerprint density at radius 3 is 2.61 bits per heavy atom. The minimum Gasteiger partial charge on any atom is -0.494 e. The number of rotatable bonds is 5. The Morgan fingerprint density at radius 2 is 1.89 bits per heavy atom. The summed E-state index contributed by atoms with van der Waals surface area (Å²) in [6, 6.07) is 13.7. The van der Waals surface area contributed by atoms with E-state index in [9.17, 15) is 9.18 Å². The molecule has 1 aliphatic heterocycles. The molecule has 1 amide bonds. The summed E-state index contributed by atoms with van der Waals surface area (Å²) in [5.74, 6) is 0.759. The number of hydrogen-bond acceptors (Lipinski definition) is 4. The van der Waals surface area contributed by atoms with Crippen molar-refractivity contribution in [2.24, 2.45) is 0 Å². The zero-order valence-electron chi connectivity index (χ0n) is 15.7. The van der Waals surface area contributed by atoms with Crippen molar-refractivity contribution < 1.29 is 13.9 Å². The van der Waals surface area contributed by atoms with Crippen molar-refractivity contribution in [1.29, 1.82) is 0 Å². The number of halogens is 1. The largest absolute Gasteiger partial charge is 0.494 e. The number of aromatic nitrogens is 1. The fourth-order valence-electron chi connectivity index (χ4n) is 3.45. The van der Waals surface area contributed by atoms with E-state index in [1.54, 1.807) is 30.3 Å². The van der Waals surface area contributed by atoms with E-state index in [4.69, 9.17) is 4.74 Å². The lowest BCUT2D eigenvalue weighted by molar-refractivity contribution is 0.102. The van der Waals surface area contributed by atoms with Gasteiger partial charge >= 0.3 is 0 Å². The van der Waals surface area contributed by atoms with Crippen LogP contribution in [0.15, 0.2) is 48.5 Å². The van der Waals surface area contributed by atoms with Gasteiger partial charge < -0.3 is 15.0 Å². The van der Waals surface area contributed by atoms with Crippen LogP contribution in [0.2, 0.25) is 0 Å². The van der Waals surface area contributed by atoms with E-state index in [0.717, 1.165) is 31.7 Å². The molecule has 1 aromatic heterocycles. The molecule has 0 radical (unpaired) electrons. The number of nitrogens with zero attached hydrogens (tertiary/aromatic N) is 2. The lowest BCUT2D eigenvalue weighted by Crippen LogP contribution is -2.18. The normalized spacial score (nSPS) is 13.7. The number of amides is 1. The van der Waals surface area contributed by atoms with Crippen molar-refractivity contribution in [3.63, 3.8) is 0 Å². The predicted octanol–water partition coefficient (Wildman–Crippen LogP) is 4.63. The predicted molar refractivity (Wildman–Crippen MR) is 109 cm³/mol. The first kappa shape index (κ1) is 18.2. The highest BCUT2D eigenvalue weighted by Gasteiger charge is 2.16. The van der Waals surface area contributed by atoms with Gasteiger partial charge in [-0.3, -0.25) is 4.79 Å². The molecule has 1 N–H and O–H groups in total. The number of hydrogen-bond donors (Lipinski definition) is 1. The van der Waals surface area contributed by atoms with Gasteiger partial charge in [0, 0.05) is 29.7 Å². The van der Waals surface area contributed by atoms with Gasteiger partial charge in [-0.1, -0.05) is 0 Å². The van der Waals surface area contributed by atoms with Crippen LogP contribution < -0.4 is 15.0 Å². The lowest BCUT2D eigenvalue weighted by atomic mass is 10.1. The Kier molecular flexibility index (Phi) is 5.10. The summed E-state index contributed by atoms with van der Waals surface area (Å²) in [6.07, 6.45) is 2.28. The third-order valence-electron chi connectivity index (χ3n) is 4.85. The molecule has 5 nitrogen and oxygen atoms in total. The van der Waals surface area contributed by atoms with Crippen LogP contribution in [-0.4, -0.2) is 30.6 Å². The van der Waals surface area contributed by atoms with Crippen molar-refractivity contribution in [3.8, 4) is 5.75 Å². The number of pyridine rings is 1. The third-order valence-corrected chi connectivity index (χ3v) is 4.85. The Labute approximate surface area is 163 Å². The highest BCUT2D eigenvalue weighted by atomic mass is 19.1. The van der Waals surface area contributed by atoms with Crippen LogP contribution in [0.4, 0.5) is 15.9 Å². The van der Waals surface area contributed by atoms with Crippen LogP contribution >= 0.6 is 0 Å². The summed E-state index contributed by atoms with van der Waals surface area (Å²) in [4.78, 5) is 19.1. The molecule has 4 rings (SSSR count).